The largest absolute Gasteiger partial charge is 0.489 e. The summed E-state index contributed by atoms with van der Waals surface area (Å²) in [5.41, 5.74) is 3.16. The molecule has 0 spiro atoms. The lowest BCUT2D eigenvalue weighted by molar-refractivity contribution is 0.306. The lowest BCUT2D eigenvalue weighted by Crippen LogP contribution is -2.27. The van der Waals surface area contributed by atoms with Crippen molar-refractivity contribution in [3.63, 3.8) is 0 Å². The van der Waals surface area contributed by atoms with Gasteiger partial charge in [-0.25, -0.2) is 0 Å². The first-order valence-corrected chi connectivity index (χ1v) is 9.04. The van der Waals surface area contributed by atoms with Crippen molar-refractivity contribution >= 4 is 34.6 Å². The van der Waals surface area contributed by atoms with Crippen molar-refractivity contribution in [1.29, 1.82) is 0 Å². The van der Waals surface area contributed by atoms with Crippen LogP contribution in [0.5, 0.6) is 5.75 Å². The fourth-order valence-electron chi connectivity index (χ4n) is 2.34. The monoisotopic (exact) mass is 382 g/mol. The van der Waals surface area contributed by atoms with Gasteiger partial charge in [0.15, 0.2) is 5.11 Å². The van der Waals surface area contributed by atoms with Gasteiger partial charge in [0.2, 0.25) is 0 Å². The fraction of sp³-hybridized carbons (Fsp3) is 0.0952. The molecule has 3 aromatic carbocycles. The standard InChI is InChI=1S/C21H19ClN2OS/c22-18-8-6-16(7-9-18)14-23-21(26)24-19-10-12-20(13-11-19)25-15-17-4-2-1-3-5-17/h1-13H,14-15H2,(H2,23,24,26). The quantitative estimate of drug-likeness (QED) is 0.559. The summed E-state index contributed by atoms with van der Waals surface area (Å²) in [6.45, 7) is 1.19. The number of nitrogens with one attached hydrogen (secondary N) is 2. The lowest BCUT2D eigenvalue weighted by atomic mass is 10.2. The van der Waals surface area contributed by atoms with E-state index in [1.54, 1.807) is 0 Å². The Morgan fingerprint density at radius 2 is 1.54 bits per heavy atom. The summed E-state index contributed by atoms with van der Waals surface area (Å²) in [5, 5.41) is 7.63. The van der Waals surface area contributed by atoms with Gasteiger partial charge in [0.05, 0.1) is 0 Å². The molecular weight excluding hydrogens is 364 g/mol. The number of anilines is 1. The van der Waals surface area contributed by atoms with Crippen LogP contribution in [-0.4, -0.2) is 5.11 Å². The van der Waals surface area contributed by atoms with Gasteiger partial charge in [0, 0.05) is 17.3 Å². The smallest absolute Gasteiger partial charge is 0.171 e. The van der Waals surface area contributed by atoms with Crippen LogP contribution in [0.1, 0.15) is 11.1 Å². The molecule has 3 aromatic rings. The molecule has 2 N–H and O–H groups in total. The SMILES string of the molecule is S=C(NCc1ccc(Cl)cc1)Nc1ccc(OCc2ccccc2)cc1. The zero-order valence-electron chi connectivity index (χ0n) is 14.1. The van der Waals surface area contributed by atoms with E-state index in [-0.39, 0.29) is 0 Å². The van der Waals surface area contributed by atoms with Crippen LogP contribution in [0.15, 0.2) is 78.9 Å². The molecule has 0 saturated carbocycles. The van der Waals surface area contributed by atoms with Crippen LogP contribution < -0.4 is 15.4 Å². The maximum Gasteiger partial charge on any atom is 0.171 e. The summed E-state index contributed by atoms with van der Waals surface area (Å²) in [5.74, 6) is 0.819. The molecule has 0 atom stereocenters. The van der Waals surface area contributed by atoms with Gasteiger partial charge in [-0.15, -0.1) is 0 Å². The molecule has 0 amide bonds. The van der Waals surface area contributed by atoms with Crippen molar-refractivity contribution in [2.45, 2.75) is 13.2 Å². The average molecular weight is 383 g/mol. The highest BCUT2D eigenvalue weighted by Crippen LogP contribution is 2.17. The maximum absolute atomic E-state index is 5.88. The van der Waals surface area contributed by atoms with Gasteiger partial charge in [-0.05, 0) is 59.7 Å². The molecule has 0 aliphatic rings. The van der Waals surface area contributed by atoms with Crippen molar-refractivity contribution < 1.29 is 4.74 Å². The molecule has 3 nitrogen and oxygen atoms in total. The highest BCUT2D eigenvalue weighted by molar-refractivity contribution is 7.80. The molecule has 5 heteroatoms. The molecular formula is C21H19ClN2OS. The third kappa shape index (κ3) is 5.76. The fourth-order valence-corrected chi connectivity index (χ4v) is 2.65. The van der Waals surface area contributed by atoms with E-state index in [2.05, 4.69) is 10.6 Å². The topological polar surface area (TPSA) is 33.3 Å². The number of ether oxygens (including phenoxy) is 1. The van der Waals surface area contributed by atoms with Crippen LogP contribution in [0.25, 0.3) is 0 Å². The van der Waals surface area contributed by atoms with Crippen LogP contribution in [0.2, 0.25) is 5.02 Å². The minimum Gasteiger partial charge on any atom is -0.489 e. The van der Waals surface area contributed by atoms with Crippen LogP contribution >= 0.6 is 23.8 Å². The van der Waals surface area contributed by atoms with E-state index in [0.29, 0.717) is 18.3 Å². The van der Waals surface area contributed by atoms with E-state index in [1.807, 2.05) is 78.9 Å². The van der Waals surface area contributed by atoms with Gasteiger partial charge in [-0.3, -0.25) is 0 Å². The normalized spacial score (nSPS) is 10.2. The van der Waals surface area contributed by atoms with Crippen LogP contribution in [-0.2, 0) is 13.2 Å². The second-order valence-corrected chi connectivity index (χ2v) is 6.58. The highest BCUT2D eigenvalue weighted by Gasteiger charge is 2.00. The second kappa shape index (κ2) is 9.22. The Balaban J connectivity index is 1.45. The summed E-state index contributed by atoms with van der Waals surface area (Å²) >= 11 is 11.2. The van der Waals surface area contributed by atoms with Crippen LogP contribution in [0, 0.1) is 0 Å². The van der Waals surface area contributed by atoms with E-state index >= 15 is 0 Å². The molecule has 0 aliphatic heterocycles. The summed E-state index contributed by atoms with van der Waals surface area (Å²) < 4.78 is 5.78. The number of thiocarbonyl (C=S) groups is 1. The highest BCUT2D eigenvalue weighted by atomic mass is 35.5. The molecule has 0 aliphatic carbocycles. The van der Waals surface area contributed by atoms with Crippen LogP contribution in [0.3, 0.4) is 0 Å². The van der Waals surface area contributed by atoms with Crippen molar-refractivity contribution in [2.24, 2.45) is 0 Å². The first-order chi connectivity index (χ1) is 12.7. The molecule has 0 saturated heterocycles. The Hall–Kier alpha value is -2.56. The van der Waals surface area contributed by atoms with Crippen molar-refractivity contribution in [3.8, 4) is 5.75 Å². The van der Waals surface area contributed by atoms with Gasteiger partial charge in [0.25, 0.3) is 0 Å². The average Bonchev–Trinajstić information content (AvgIpc) is 2.68. The third-order valence-electron chi connectivity index (χ3n) is 3.73. The first kappa shape index (κ1) is 18.2. The first-order valence-electron chi connectivity index (χ1n) is 8.25. The van der Waals surface area contributed by atoms with Gasteiger partial charge < -0.3 is 15.4 Å². The van der Waals surface area contributed by atoms with E-state index in [0.717, 1.165) is 27.6 Å². The number of hydrogen-bond acceptors (Lipinski definition) is 2. The predicted octanol–water partition coefficient (Wildman–Crippen LogP) is 5.41. The molecule has 0 unspecified atom stereocenters. The minimum atomic E-state index is 0.550. The molecule has 26 heavy (non-hydrogen) atoms. The summed E-state index contributed by atoms with van der Waals surface area (Å²) in [6, 6.07) is 25.5. The van der Waals surface area contributed by atoms with E-state index in [4.69, 9.17) is 28.6 Å². The molecule has 0 fully saturated rings. The van der Waals surface area contributed by atoms with Gasteiger partial charge >= 0.3 is 0 Å². The Kier molecular flexibility index (Phi) is 6.47. The van der Waals surface area contributed by atoms with Crippen LogP contribution in [0.4, 0.5) is 5.69 Å². The molecule has 132 valence electrons. The summed E-state index contributed by atoms with van der Waals surface area (Å²) in [7, 11) is 0. The number of rotatable bonds is 6. The minimum absolute atomic E-state index is 0.550. The van der Waals surface area contributed by atoms with E-state index in [9.17, 15) is 0 Å². The van der Waals surface area contributed by atoms with Gasteiger partial charge in [0.1, 0.15) is 12.4 Å². The molecule has 0 aromatic heterocycles. The van der Waals surface area contributed by atoms with E-state index in [1.165, 1.54) is 0 Å². The Morgan fingerprint density at radius 3 is 2.23 bits per heavy atom. The molecule has 0 heterocycles. The Morgan fingerprint density at radius 1 is 0.846 bits per heavy atom. The van der Waals surface area contributed by atoms with Crippen molar-refractivity contribution in [2.75, 3.05) is 5.32 Å². The van der Waals surface area contributed by atoms with Crippen molar-refractivity contribution in [3.05, 3.63) is 95.0 Å². The Bertz CT molecular complexity index is 836. The zero-order valence-corrected chi connectivity index (χ0v) is 15.7. The maximum atomic E-state index is 5.88. The summed E-state index contributed by atoms with van der Waals surface area (Å²) in [6.07, 6.45) is 0. The number of halogens is 1. The van der Waals surface area contributed by atoms with Gasteiger partial charge in [-0.2, -0.15) is 0 Å². The third-order valence-corrected chi connectivity index (χ3v) is 4.23. The second-order valence-electron chi connectivity index (χ2n) is 5.73. The van der Waals surface area contributed by atoms with Gasteiger partial charge in [-0.1, -0.05) is 54.1 Å². The lowest BCUT2D eigenvalue weighted by Gasteiger charge is -2.12. The predicted molar refractivity (Wildman–Crippen MR) is 112 cm³/mol. The Labute approximate surface area is 164 Å². The molecule has 0 radical (unpaired) electrons. The summed E-state index contributed by atoms with van der Waals surface area (Å²) in [4.78, 5) is 0. The van der Waals surface area contributed by atoms with E-state index < -0.39 is 0 Å². The molecule has 3 rings (SSSR count). The molecule has 0 bridgehead atoms. The number of benzene rings is 3. The zero-order chi connectivity index (χ0) is 18.2. The van der Waals surface area contributed by atoms with Crippen molar-refractivity contribution in [1.82, 2.24) is 5.32 Å². The number of hydrogen-bond donors (Lipinski definition) is 2.